The van der Waals surface area contributed by atoms with Gasteiger partial charge in [-0.1, -0.05) is 11.8 Å². The molecule has 1 aromatic heterocycles. The second kappa shape index (κ2) is 4.62. The van der Waals surface area contributed by atoms with Crippen molar-refractivity contribution >= 4 is 28.7 Å². The first-order chi connectivity index (χ1) is 9.85. The number of alkyl halides is 3. The SMILES string of the molecule is Cc1ccc[nH+]c1N[C@]1(C(F)(F)F)N=C2SCCN2C1=O. The molecular formula is C12H12F3N4OS+. The Labute approximate surface area is 122 Å². The van der Waals surface area contributed by atoms with Gasteiger partial charge in [0.05, 0.1) is 6.20 Å². The Kier molecular flexibility index (Phi) is 3.12. The van der Waals surface area contributed by atoms with Gasteiger partial charge in [0.2, 0.25) is 0 Å². The van der Waals surface area contributed by atoms with Crippen molar-refractivity contribution in [3.63, 3.8) is 0 Å². The first-order valence-corrected chi connectivity index (χ1v) is 7.20. The summed E-state index contributed by atoms with van der Waals surface area (Å²) in [5, 5.41) is 2.39. The van der Waals surface area contributed by atoms with Crippen LogP contribution in [0, 0.1) is 6.92 Å². The molecule has 1 fully saturated rings. The summed E-state index contributed by atoms with van der Waals surface area (Å²) in [7, 11) is 0. The molecule has 1 atom stereocenters. The summed E-state index contributed by atoms with van der Waals surface area (Å²) in [5.74, 6) is -0.389. The van der Waals surface area contributed by atoms with Gasteiger partial charge in [0.15, 0.2) is 5.17 Å². The van der Waals surface area contributed by atoms with E-state index in [1.54, 1.807) is 19.1 Å². The van der Waals surface area contributed by atoms with Crippen LogP contribution in [0.5, 0.6) is 0 Å². The average molecular weight is 317 g/mol. The summed E-state index contributed by atoms with van der Waals surface area (Å²) in [6, 6.07) is 3.31. The Balaban J connectivity index is 2.06. The fourth-order valence-electron chi connectivity index (χ4n) is 2.24. The summed E-state index contributed by atoms with van der Waals surface area (Å²) in [6.45, 7) is 1.89. The van der Waals surface area contributed by atoms with E-state index >= 15 is 0 Å². The number of pyridine rings is 1. The number of hydrogen-bond donors (Lipinski definition) is 1. The van der Waals surface area contributed by atoms with Crippen molar-refractivity contribution in [1.82, 2.24) is 4.90 Å². The molecule has 1 amide bonds. The van der Waals surface area contributed by atoms with E-state index in [1.165, 1.54) is 6.20 Å². The quantitative estimate of drug-likeness (QED) is 0.897. The Bertz CT molecular complexity index is 633. The maximum Gasteiger partial charge on any atom is 0.464 e. The molecule has 21 heavy (non-hydrogen) atoms. The smallest absolute Gasteiger partial charge is 0.284 e. The number of aliphatic imine (C=N–C) groups is 1. The molecule has 3 heterocycles. The number of nitrogens with one attached hydrogen (secondary N) is 2. The van der Waals surface area contributed by atoms with Crippen LogP contribution >= 0.6 is 11.8 Å². The van der Waals surface area contributed by atoms with Gasteiger partial charge in [-0.05, 0) is 19.1 Å². The molecule has 1 saturated heterocycles. The number of amidine groups is 1. The topological polar surface area (TPSA) is 58.8 Å². The zero-order valence-corrected chi connectivity index (χ0v) is 11.8. The standard InChI is InChI=1S/C12H11F3N4OS/c1-7-3-2-4-16-8(7)17-11(12(13,14)15)9(20)19-5-6-21-10(19)18-11/h2-4H,5-6H2,1H3,(H,16,17)/p+1/t11-/m0/s1. The number of carbonyl (C=O) groups excluding carboxylic acids is 1. The summed E-state index contributed by atoms with van der Waals surface area (Å²) in [4.78, 5) is 19.7. The number of hydrogen-bond acceptors (Lipinski definition) is 4. The number of halogens is 3. The van der Waals surface area contributed by atoms with E-state index in [0.717, 1.165) is 16.7 Å². The normalized spacial score (nSPS) is 25.0. The van der Waals surface area contributed by atoms with E-state index in [1.807, 2.05) is 0 Å². The highest BCUT2D eigenvalue weighted by molar-refractivity contribution is 8.14. The second-order valence-corrected chi connectivity index (χ2v) is 5.82. The highest BCUT2D eigenvalue weighted by Gasteiger charge is 2.71. The number of amides is 1. The first kappa shape index (κ1) is 14.2. The molecule has 0 unspecified atom stereocenters. The number of aromatic amines is 1. The molecule has 0 radical (unpaired) electrons. The lowest BCUT2D eigenvalue weighted by Crippen LogP contribution is -2.58. The predicted octanol–water partition coefficient (Wildman–Crippen LogP) is 1.42. The van der Waals surface area contributed by atoms with Gasteiger partial charge in [-0.25, -0.2) is 10.3 Å². The summed E-state index contributed by atoms with van der Waals surface area (Å²) in [6.07, 6.45) is -3.35. The molecule has 2 aliphatic heterocycles. The van der Waals surface area contributed by atoms with Crippen molar-refractivity contribution in [2.45, 2.75) is 18.8 Å². The van der Waals surface area contributed by atoms with E-state index in [9.17, 15) is 18.0 Å². The average Bonchev–Trinajstić information content (AvgIpc) is 2.95. The minimum atomic E-state index is -4.84. The lowest BCUT2D eigenvalue weighted by Gasteiger charge is -2.25. The van der Waals surface area contributed by atoms with Gasteiger partial charge in [0.25, 0.3) is 5.82 Å². The number of anilines is 1. The van der Waals surface area contributed by atoms with E-state index < -0.39 is 17.7 Å². The van der Waals surface area contributed by atoms with E-state index in [-0.39, 0.29) is 17.5 Å². The van der Waals surface area contributed by atoms with Crippen LogP contribution in [-0.2, 0) is 4.79 Å². The number of aromatic nitrogens is 1. The van der Waals surface area contributed by atoms with Crippen LogP contribution in [0.1, 0.15) is 5.56 Å². The summed E-state index contributed by atoms with van der Waals surface area (Å²) in [5.41, 5.74) is -2.38. The number of rotatable bonds is 2. The molecule has 0 saturated carbocycles. The molecule has 0 spiro atoms. The largest absolute Gasteiger partial charge is 0.464 e. The minimum Gasteiger partial charge on any atom is -0.284 e. The monoisotopic (exact) mass is 317 g/mol. The number of carbonyl (C=O) groups is 1. The Morgan fingerprint density at radius 3 is 2.90 bits per heavy atom. The highest BCUT2D eigenvalue weighted by atomic mass is 32.2. The zero-order valence-electron chi connectivity index (χ0n) is 11.0. The molecule has 3 rings (SSSR count). The van der Waals surface area contributed by atoms with Gasteiger partial charge in [-0.15, -0.1) is 0 Å². The van der Waals surface area contributed by atoms with Crippen molar-refractivity contribution in [1.29, 1.82) is 0 Å². The summed E-state index contributed by atoms with van der Waals surface area (Å²) >= 11 is 1.15. The van der Waals surface area contributed by atoms with Crippen LogP contribution in [0.25, 0.3) is 0 Å². The van der Waals surface area contributed by atoms with Gasteiger partial charge in [0.1, 0.15) is 0 Å². The molecule has 2 aliphatic rings. The fourth-order valence-corrected chi connectivity index (χ4v) is 3.23. The Morgan fingerprint density at radius 1 is 1.52 bits per heavy atom. The number of aryl methyl sites for hydroxylation is 1. The first-order valence-electron chi connectivity index (χ1n) is 6.22. The highest BCUT2D eigenvalue weighted by Crippen LogP contribution is 2.42. The van der Waals surface area contributed by atoms with E-state index in [2.05, 4.69) is 15.3 Å². The van der Waals surface area contributed by atoms with Crippen LogP contribution < -0.4 is 10.3 Å². The third-order valence-electron chi connectivity index (χ3n) is 3.38. The van der Waals surface area contributed by atoms with Crippen molar-refractivity contribution in [2.24, 2.45) is 4.99 Å². The van der Waals surface area contributed by atoms with Gasteiger partial charge in [-0.3, -0.25) is 9.69 Å². The molecule has 0 bridgehead atoms. The third-order valence-corrected chi connectivity index (χ3v) is 4.33. The fraction of sp³-hybridized carbons (Fsp3) is 0.417. The van der Waals surface area contributed by atoms with Crippen LogP contribution in [-0.4, -0.2) is 40.1 Å². The molecule has 9 heteroatoms. The Morgan fingerprint density at radius 2 is 2.29 bits per heavy atom. The molecular weight excluding hydrogens is 305 g/mol. The van der Waals surface area contributed by atoms with Gasteiger partial charge >= 0.3 is 17.7 Å². The lowest BCUT2D eigenvalue weighted by atomic mass is 10.1. The van der Waals surface area contributed by atoms with Crippen molar-refractivity contribution in [3.05, 3.63) is 23.9 Å². The predicted molar refractivity (Wildman–Crippen MR) is 71.7 cm³/mol. The number of fused-ring (bicyclic) bond motifs is 1. The molecule has 2 N–H and O–H groups in total. The van der Waals surface area contributed by atoms with Crippen LogP contribution in [0.3, 0.4) is 0 Å². The van der Waals surface area contributed by atoms with E-state index in [4.69, 9.17) is 0 Å². The maximum atomic E-state index is 13.6. The molecule has 0 aromatic carbocycles. The van der Waals surface area contributed by atoms with Crippen molar-refractivity contribution in [3.8, 4) is 0 Å². The second-order valence-electron chi connectivity index (χ2n) is 4.76. The lowest BCUT2D eigenvalue weighted by molar-refractivity contribution is -0.363. The summed E-state index contributed by atoms with van der Waals surface area (Å²) < 4.78 is 40.7. The van der Waals surface area contributed by atoms with E-state index in [0.29, 0.717) is 11.3 Å². The van der Waals surface area contributed by atoms with Crippen molar-refractivity contribution < 1.29 is 22.9 Å². The minimum absolute atomic E-state index is 0.124. The van der Waals surface area contributed by atoms with Crippen molar-refractivity contribution in [2.75, 3.05) is 17.6 Å². The van der Waals surface area contributed by atoms with Gasteiger partial charge < -0.3 is 0 Å². The third kappa shape index (κ3) is 2.06. The molecule has 112 valence electrons. The van der Waals surface area contributed by atoms with Crippen LogP contribution in [0.4, 0.5) is 19.0 Å². The number of nitrogens with zero attached hydrogens (tertiary/aromatic N) is 2. The maximum absolute atomic E-state index is 13.6. The van der Waals surface area contributed by atoms with Crippen LogP contribution in [0.2, 0.25) is 0 Å². The Hall–Kier alpha value is -1.77. The van der Waals surface area contributed by atoms with Crippen LogP contribution in [0.15, 0.2) is 23.3 Å². The molecule has 5 nitrogen and oxygen atoms in total. The zero-order chi connectivity index (χ0) is 15.3. The number of thioether (sulfide) groups is 1. The molecule has 0 aliphatic carbocycles. The van der Waals surface area contributed by atoms with Gasteiger partial charge in [0, 0.05) is 17.9 Å². The molecule has 1 aromatic rings. The number of H-pyrrole nitrogens is 1. The van der Waals surface area contributed by atoms with Gasteiger partial charge in [-0.2, -0.15) is 18.2 Å².